The topological polar surface area (TPSA) is 29.3 Å². The molecule has 0 bridgehead atoms. The van der Waals surface area contributed by atoms with Gasteiger partial charge in [-0.05, 0) is 37.0 Å². The van der Waals surface area contributed by atoms with E-state index in [1.807, 2.05) is 37.2 Å². The molecule has 1 aromatic heterocycles. The van der Waals surface area contributed by atoms with E-state index in [-0.39, 0.29) is 0 Å². The van der Waals surface area contributed by atoms with Gasteiger partial charge in [0.1, 0.15) is 0 Å². The molecule has 1 aliphatic rings. The fourth-order valence-corrected chi connectivity index (χ4v) is 3.05. The van der Waals surface area contributed by atoms with Gasteiger partial charge in [-0.25, -0.2) is 0 Å². The second kappa shape index (κ2) is 4.89. The number of fused-ring (bicyclic) bond motifs is 1. The van der Waals surface area contributed by atoms with Gasteiger partial charge in [-0.15, -0.1) is 0 Å². The smallest absolute Gasteiger partial charge is 0.230 e. The molecular formula is C15H17ClN2O. The molecule has 0 radical (unpaired) electrons. The van der Waals surface area contributed by atoms with Crippen LogP contribution in [0.2, 0.25) is 5.02 Å². The van der Waals surface area contributed by atoms with Crippen LogP contribution in [0.1, 0.15) is 35.6 Å². The molecule has 0 saturated heterocycles. The Morgan fingerprint density at radius 1 is 1.37 bits per heavy atom. The number of hydrogen-bond acceptors (Lipinski definition) is 3. The van der Waals surface area contributed by atoms with Crippen molar-refractivity contribution in [2.45, 2.75) is 25.2 Å². The van der Waals surface area contributed by atoms with Gasteiger partial charge in [-0.3, -0.25) is 0 Å². The van der Waals surface area contributed by atoms with Crippen LogP contribution >= 0.6 is 11.6 Å². The third-order valence-electron chi connectivity index (χ3n) is 3.70. The van der Waals surface area contributed by atoms with E-state index in [9.17, 15) is 0 Å². The lowest BCUT2D eigenvalue weighted by Crippen LogP contribution is -2.16. The van der Waals surface area contributed by atoms with Crippen molar-refractivity contribution in [3.05, 3.63) is 46.1 Å². The van der Waals surface area contributed by atoms with Crippen molar-refractivity contribution in [2.75, 3.05) is 19.0 Å². The van der Waals surface area contributed by atoms with Gasteiger partial charge in [0, 0.05) is 30.6 Å². The maximum Gasteiger partial charge on any atom is 0.230 e. The first-order chi connectivity index (χ1) is 9.16. The average Bonchev–Trinajstić information content (AvgIpc) is 2.82. The molecule has 0 N–H and O–H groups in total. The molecule has 1 unspecified atom stereocenters. The van der Waals surface area contributed by atoms with Crippen molar-refractivity contribution in [3.8, 4) is 0 Å². The number of hydrogen-bond donors (Lipinski definition) is 0. The Hall–Kier alpha value is -1.48. The van der Waals surface area contributed by atoms with Crippen molar-refractivity contribution >= 4 is 17.5 Å². The summed E-state index contributed by atoms with van der Waals surface area (Å²) in [5.74, 6) is 1.21. The number of nitrogens with zero attached hydrogens (tertiary/aromatic N) is 2. The van der Waals surface area contributed by atoms with Crippen LogP contribution in [0.25, 0.3) is 0 Å². The molecule has 3 nitrogen and oxygen atoms in total. The van der Waals surface area contributed by atoms with Gasteiger partial charge in [0.25, 0.3) is 0 Å². The predicted octanol–water partition coefficient (Wildman–Crippen LogP) is 3.86. The first kappa shape index (κ1) is 12.5. The van der Waals surface area contributed by atoms with E-state index in [4.69, 9.17) is 16.1 Å². The van der Waals surface area contributed by atoms with E-state index in [2.05, 4.69) is 11.2 Å². The van der Waals surface area contributed by atoms with Crippen LogP contribution in [0.15, 0.2) is 28.8 Å². The third kappa shape index (κ3) is 2.23. The Balaban J connectivity index is 2.09. The number of aryl methyl sites for hydroxylation is 1. The lowest BCUT2D eigenvalue weighted by molar-refractivity contribution is 0.415. The van der Waals surface area contributed by atoms with Crippen LogP contribution < -0.4 is 4.90 Å². The molecule has 0 spiro atoms. The summed E-state index contributed by atoms with van der Waals surface area (Å²) in [5, 5.41) is 5.01. The highest BCUT2D eigenvalue weighted by atomic mass is 35.5. The van der Waals surface area contributed by atoms with Crippen LogP contribution in [-0.2, 0) is 6.42 Å². The summed E-state index contributed by atoms with van der Waals surface area (Å²) in [4.78, 5) is 1.99. The summed E-state index contributed by atoms with van der Waals surface area (Å²) >= 11 is 6.12. The van der Waals surface area contributed by atoms with Gasteiger partial charge in [0.15, 0.2) is 0 Å². The highest BCUT2D eigenvalue weighted by molar-refractivity contribution is 6.30. The SMILES string of the molecule is CN(C)c1onc2c1C(c1cccc(Cl)c1)CCC2. The van der Waals surface area contributed by atoms with Gasteiger partial charge < -0.3 is 9.42 Å². The Morgan fingerprint density at radius 3 is 2.95 bits per heavy atom. The normalized spacial score (nSPS) is 18.2. The summed E-state index contributed by atoms with van der Waals surface area (Å²) in [6.07, 6.45) is 3.27. The summed E-state index contributed by atoms with van der Waals surface area (Å²) in [6.45, 7) is 0. The third-order valence-corrected chi connectivity index (χ3v) is 3.93. The first-order valence-corrected chi connectivity index (χ1v) is 6.96. The monoisotopic (exact) mass is 276 g/mol. The molecule has 0 amide bonds. The van der Waals surface area contributed by atoms with Crippen molar-refractivity contribution in [2.24, 2.45) is 0 Å². The van der Waals surface area contributed by atoms with E-state index in [0.717, 1.165) is 35.9 Å². The fourth-order valence-electron chi connectivity index (χ4n) is 2.85. The number of aromatic nitrogens is 1. The standard InChI is InChI=1S/C15H17ClN2O/c1-18(2)15-14-12(7-4-8-13(14)17-19-15)10-5-3-6-11(16)9-10/h3,5-6,9,12H,4,7-8H2,1-2H3. The fraction of sp³-hybridized carbons (Fsp3) is 0.400. The van der Waals surface area contributed by atoms with Crippen LogP contribution in [0.5, 0.6) is 0 Å². The van der Waals surface area contributed by atoms with Crippen molar-refractivity contribution < 1.29 is 4.52 Å². The Kier molecular flexibility index (Phi) is 3.23. The minimum Gasteiger partial charge on any atom is -0.346 e. The van der Waals surface area contributed by atoms with Gasteiger partial charge in [-0.1, -0.05) is 28.9 Å². The van der Waals surface area contributed by atoms with Gasteiger partial charge in [0.05, 0.1) is 5.69 Å². The first-order valence-electron chi connectivity index (χ1n) is 6.58. The average molecular weight is 277 g/mol. The van der Waals surface area contributed by atoms with Gasteiger partial charge in [0.2, 0.25) is 5.88 Å². The summed E-state index contributed by atoms with van der Waals surface area (Å²) in [6, 6.07) is 8.11. The van der Waals surface area contributed by atoms with Gasteiger partial charge in [-0.2, -0.15) is 0 Å². The molecule has 3 rings (SSSR count). The molecule has 2 aromatic rings. The van der Waals surface area contributed by atoms with Gasteiger partial charge >= 0.3 is 0 Å². The van der Waals surface area contributed by atoms with E-state index in [0.29, 0.717) is 5.92 Å². The molecule has 0 aliphatic heterocycles. The summed E-state index contributed by atoms with van der Waals surface area (Å²) in [7, 11) is 3.98. The largest absolute Gasteiger partial charge is 0.346 e. The Bertz CT molecular complexity index is 592. The number of anilines is 1. The summed E-state index contributed by atoms with van der Waals surface area (Å²) < 4.78 is 5.50. The molecule has 100 valence electrons. The number of benzene rings is 1. The van der Waals surface area contributed by atoms with Crippen LogP contribution in [-0.4, -0.2) is 19.3 Å². The van der Waals surface area contributed by atoms with E-state index in [1.165, 1.54) is 11.1 Å². The van der Waals surface area contributed by atoms with Crippen LogP contribution in [0.3, 0.4) is 0 Å². The van der Waals surface area contributed by atoms with Crippen molar-refractivity contribution in [1.29, 1.82) is 0 Å². The Morgan fingerprint density at radius 2 is 2.21 bits per heavy atom. The molecular weight excluding hydrogens is 260 g/mol. The second-order valence-corrected chi connectivity index (χ2v) is 5.68. The highest BCUT2D eigenvalue weighted by Crippen LogP contribution is 2.41. The Labute approximate surface area is 118 Å². The molecule has 19 heavy (non-hydrogen) atoms. The maximum absolute atomic E-state index is 6.12. The van der Waals surface area contributed by atoms with E-state index < -0.39 is 0 Å². The molecule has 1 atom stereocenters. The molecule has 4 heteroatoms. The maximum atomic E-state index is 6.12. The minimum atomic E-state index is 0.339. The molecule has 1 aliphatic carbocycles. The van der Waals surface area contributed by atoms with Crippen LogP contribution in [0.4, 0.5) is 5.88 Å². The molecule has 1 aromatic carbocycles. The zero-order valence-corrected chi connectivity index (χ0v) is 11.9. The van der Waals surface area contributed by atoms with E-state index in [1.54, 1.807) is 0 Å². The number of rotatable bonds is 2. The van der Waals surface area contributed by atoms with Crippen LogP contribution in [0, 0.1) is 0 Å². The highest BCUT2D eigenvalue weighted by Gasteiger charge is 2.30. The summed E-state index contributed by atoms with van der Waals surface area (Å²) in [5.41, 5.74) is 3.58. The van der Waals surface area contributed by atoms with Crippen molar-refractivity contribution in [3.63, 3.8) is 0 Å². The minimum absolute atomic E-state index is 0.339. The molecule has 1 heterocycles. The second-order valence-electron chi connectivity index (χ2n) is 5.24. The lowest BCUT2D eigenvalue weighted by atomic mass is 9.81. The number of halogens is 1. The van der Waals surface area contributed by atoms with Crippen molar-refractivity contribution in [1.82, 2.24) is 5.16 Å². The quantitative estimate of drug-likeness (QED) is 0.834. The molecule has 0 saturated carbocycles. The molecule has 0 fully saturated rings. The predicted molar refractivity (Wildman–Crippen MR) is 77.1 cm³/mol. The zero-order chi connectivity index (χ0) is 13.4. The lowest BCUT2D eigenvalue weighted by Gasteiger charge is -2.24. The van der Waals surface area contributed by atoms with E-state index >= 15 is 0 Å². The zero-order valence-electron chi connectivity index (χ0n) is 11.2.